The zero-order valence-electron chi connectivity index (χ0n) is 22.1. The molecule has 2 saturated heterocycles. The summed E-state index contributed by atoms with van der Waals surface area (Å²) in [6, 6.07) is 1.25. The second kappa shape index (κ2) is 11.6. The number of fused-ring (bicyclic) bond motifs is 1. The van der Waals surface area contributed by atoms with Crippen molar-refractivity contribution in [3.05, 3.63) is 69.8 Å². The van der Waals surface area contributed by atoms with E-state index in [-0.39, 0.29) is 6.61 Å². The molecule has 0 saturated carbocycles. The van der Waals surface area contributed by atoms with Gasteiger partial charge < -0.3 is 33.6 Å². The summed E-state index contributed by atoms with van der Waals surface area (Å²) in [5.74, 6) is 0.212. The van der Waals surface area contributed by atoms with Crippen LogP contribution in [0.4, 0.5) is 0 Å². The predicted octanol–water partition coefficient (Wildman–Crippen LogP) is 3.22. The van der Waals surface area contributed by atoms with Gasteiger partial charge in [-0.05, 0) is 45.8 Å². The van der Waals surface area contributed by atoms with E-state index in [0.717, 1.165) is 0 Å². The molecule has 0 bridgehead atoms. The Kier molecular flexibility index (Phi) is 8.96. The Morgan fingerprint density at radius 1 is 1.19 bits per heavy atom. The summed E-state index contributed by atoms with van der Waals surface area (Å²) >= 11 is 0. The molecule has 202 valence electrons. The number of aliphatic hydroxyl groups is 2. The number of carbonyl (C=O) groups is 1. The maximum Gasteiger partial charge on any atom is 0.339 e. The second-order valence-corrected chi connectivity index (χ2v) is 9.69. The molecule has 0 amide bonds. The molecule has 0 radical (unpaired) electrons. The van der Waals surface area contributed by atoms with Gasteiger partial charge in [-0.25, -0.2) is 9.59 Å². The van der Waals surface area contributed by atoms with Crippen molar-refractivity contribution in [2.24, 2.45) is 5.41 Å². The van der Waals surface area contributed by atoms with Gasteiger partial charge in [0.15, 0.2) is 6.29 Å². The van der Waals surface area contributed by atoms with Gasteiger partial charge in [-0.2, -0.15) is 0 Å². The van der Waals surface area contributed by atoms with E-state index in [1.54, 1.807) is 64.2 Å². The minimum absolute atomic E-state index is 0.113. The number of allylic oxidation sites excluding steroid dienone is 4. The highest BCUT2D eigenvalue weighted by Crippen LogP contribution is 2.55. The fourth-order valence-electron chi connectivity index (χ4n) is 4.62. The zero-order valence-corrected chi connectivity index (χ0v) is 22.1. The van der Waals surface area contributed by atoms with Crippen LogP contribution in [0.25, 0.3) is 6.08 Å². The van der Waals surface area contributed by atoms with Crippen LogP contribution < -0.4 is 10.4 Å². The monoisotopic (exact) mass is 516 g/mol. The first-order chi connectivity index (χ1) is 17.4. The highest BCUT2D eigenvalue weighted by Gasteiger charge is 2.69. The Bertz CT molecular complexity index is 1160. The van der Waals surface area contributed by atoms with Crippen LogP contribution in [-0.2, 0) is 19.0 Å². The molecule has 1 aromatic rings. The van der Waals surface area contributed by atoms with E-state index in [1.807, 2.05) is 6.92 Å². The summed E-state index contributed by atoms with van der Waals surface area (Å²) in [4.78, 5) is 23.3. The molecule has 9 nitrogen and oxygen atoms in total. The minimum atomic E-state index is -1.22. The molecule has 0 unspecified atom stereocenters. The van der Waals surface area contributed by atoms with Crippen molar-refractivity contribution in [3.8, 4) is 5.75 Å². The van der Waals surface area contributed by atoms with E-state index < -0.39 is 47.2 Å². The first kappa shape index (κ1) is 28.6. The normalized spacial score (nSPS) is 32.1. The third-order valence-electron chi connectivity index (χ3n) is 7.17. The highest BCUT2D eigenvalue weighted by molar-refractivity contribution is 5.82. The first-order valence-electron chi connectivity index (χ1n) is 12.2. The van der Waals surface area contributed by atoms with E-state index in [2.05, 4.69) is 4.74 Å². The van der Waals surface area contributed by atoms with Crippen molar-refractivity contribution in [1.82, 2.24) is 0 Å². The Morgan fingerprint density at radius 2 is 1.89 bits per heavy atom. The summed E-state index contributed by atoms with van der Waals surface area (Å²) < 4.78 is 27.3. The van der Waals surface area contributed by atoms with Crippen molar-refractivity contribution in [2.45, 2.75) is 71.2 Å². The standard InChI is InChI=1S/C28H36O9/c1-7-22-28(5,32)27(4)25(31)20(36-26(27)37-22)13-11-9-8-10-12-19-18(3)21(15-24(30)35-19)34-16-17(2)14-23(29)33-6/h8-15,20,22,25-26,31-32H,7,16H2,1-6H3/b9-8+,12-10+,13-11+,17-14+/t20-,22-,25+,26+,27+,28+/m1/s1. The Hall–Kier alpha value is -2.98. The van der Waals surface area contributed by atoms with E-state index in [4.69, 9.17) is 18.6 Å². The molecule has 0 spiro atoms. The van der Waals surface area contributed by atoms with Crippen LogP contribution in [0.5, 0.6) is 5.75 Å². The molecule has 2 fully saturated rings. The van der Waals surface area contributed by atoms with Crippen LogP contribution >= 0.6 is 0 Å². The Morgan fingerprint density at radius 3 is 2.54 bits per heavy atom. The van der Waals surface area contributed by atoms with Crippen LogP contribution in [0.2, 0.25) is 0 Å². The minimum Gasteiger partial charge on any atom is -0.489 e. The molecule has 1 aromatic heterocycles. The summed E-state index contributed by atoms with van der Waals surface area (Å²) in [5.41, 5.74) is -1.45. The number of ether oxygens (including phenoxy) is 4. The zero-order chi connectivity index (χ0) is 27.4. The van der Waals surface area contributed by atoms with Crippen molar-refractivity contribution >= 4 is 12.0 Å². The van der Waals surface area contributed by atoms with E-state index in [9.17, 15) is 19.8 Å². The SMILES string of the molecule is CC[C@H]1O[C@@H]2O[C@H](/C=C/C=C/C=C/c3oc(=O)cc(OC/C(C)=C/C(=O)OC)c3C)[C@H](O)[C@]2(C)[C@@]1(C)O. The second-order valence-electron chi connectivity index (χ2n) is 9.69. The van der Waals surface area contributed by atoms with Gasteiger partial charge in [0.2, 0.25) is 0 Å². The summed E-state index contributed by atoms with van der Waals surface area (Å²) in [6.07, 6.45) is 9.52. The van der Waals surface area contributed by atoms with Gasteiger partial charge in [-0.3, -0.25) is 0 Å². The van der Waals surface area contributed by atoms with E-state index in [1.165, 1.54) is 19.3 Å². The number of methoxy groups -OCH3 is 1. The maximum absolute atomic E-state index is 12.0. The van der Waals surface area contributed by atoms with Crippen molar-refractivity contribution < 1.29 is 38.4 Å². The number of esters is 1. The van der Waals surface area contributed by atoms with Crippen molar-refractivity contribution in [2.75, 3.05) is 13.7 Å². The summed E-state index contributed by atoms with van der Waals surface area (Å²) in [5, 5.41) is 21.9. The van der Waals surface area contributed by atoms with Crippen LogP contribution in [0, 0.1) is 12.3 Å². The molecule has 6 atom stereocenters. The quantitative estimate of drug-likeness (QED) is 0.289. The Balaban J connectivity index is 1.62. The van der Waals surface area contributed by atoms with Gasteiger partial charge in [-0.1, -0.05) is 37.3 Å². The number of rotatable bonds is 9. The van der Waals surface area contributed by atoms with Gasteiger partial charge in [0.1, 0.15) is 29.8 Å². The molecule has 2 aliphatic rings. The lowest BCUT2D eigenvalue weighted by Gasteiger charge is -2.38. The fraction of sp³-hybridized carbons (Fsp3) is 0.500. The number of hydrogen-bond acceptors (Lipinski definition) is 9. The van der Waals surface area contributed by atoms with Crippen LogP contribution in [0.15, 0.2) is 57.3 Å². The van der Waals surface area contributed by atoms with Gasteiger partial charge in [0, 0.05) is 11.6 Å². The summed E-state index contributed by atoms with van der Waals surface area (Å²) in [6.45, 7) is 8.99. The number of aliphatic hydroxyl groups excluding tert-OH is 1. The van der Waals surface area contributed by atoms with E-state index >= 15 is 0 Å². The first-order valence-corrected chi connectivity index (χ1v) is 12.2. The van der Waals surface area contributed by atoms with Crippen LogP contribution in [0.3, 0.4) is 0 Å². The molecule has 2 N–H and O–H groups in total. The van der Waals surface area contributed by atoms with Gasteiger partial charge in [-0.15, -0.1) is 0 Å². The van der Waals surface area contributed by atoms with Crippen molar-refractivity contribution in [1.29, 1.82) is 0 Å². The average Bonchev–Trinajstić information content (AvgIpc) is 3.21. The molecule has 3 rings (SSSR count). The molecule has 2 aliphatic heterocycles. The molecular weight excluding hydrogens is 480 g/mol. The van der Waals surface area contributed by atoms with Crippen LogP contribution in [-0.4, -0.2) is 60.1 Å². The topological polar surface area (TPSA) is 125 Å². The number of carbonyl (C=O) groups excluding carboxylic acids is 1. The lowest BCUT2D eigenvalue weighted by molar-refractivity contribution is -0.144. The largest absolute Gasteiger partial charge is 0.489 e. The lowest BCUT2D eigenvalue weighted by Crippen LogP contribution is -2.54. The molecular formula is C28H36O9. The average molecular weight is 517 g/mol. The lowest BCUT2D eigenvalue weighted by atomic mass is 9.69. The molecule has 37 heavy (non-hydrogen) atoms. The van der Waals surface area contributed by atoms with Gasteiger partial charge in [0.05, 0.1) is 30.8 Å². The smallest absolute Gasteiger partial charge is 0.339 e. The maximum atomic E-state index is 12.0. The predicted molar refractivity (Wildman–Crippen MR) is 137 cm³/mol. The Labute approximate surface area is 216 Å². The fourth-order valence-corrected chi connectivity index (χ4v) is 4.62. The summed E-state index contributed by atoms with van der Waals surface area (Å²) in [7, 11) is 1.29. The molecule has 9 heteroatoms. The van der Waals surface area contributed by atoms with E-state index in [0.29, 0.717) is 29.1 Å². The van der Waals surface area contributed by atoms with Crippen molar-refractivity contribution in [3.63, 3.8) is 0 Å². The van der Waals surface area contributed by atoms with Gasteiger partial charge in [0.25, 0.3) is 0 Å². The third kappa shape index (κ3) is 5.80. The molecule has 3 heterocycles. The molecule has 0 aromatic carbocycles. The van der Waals surface area contributed by atoms with Gasteiger partial charge >= 0.3 is 11.6 Å². The third-order valence-corrected chi connectivity index (χ3v) is 7.17. The van der Waals surface area contributed by atoms with Crippen LogP contribution in [0.1, 0.15) is 45.4 Å². The number of hydrogen-bond donors (Lipinski definition) is 2. The molecule has 0 aliphatic carbocycles. The highest BCUT2D eigenvalue weighted by atomic mass is 16.7.